The van der Waals surface area contributed by atoms with Crippen LogP contribution in [0.2, 0.25) is 0 Å². The number of hydrogen-bond acceptors (Lipinski definition) is 2. The van der Waals surface area contributed by atoms with Crippen LogP contribution in [0.15, 0.2) is 23.2 Å². The van der Waals surface area contributed by atoms with Gasteiger partial charge in [0.15, 0.2) is 5.96 Å². The average molecular weight is 313 g/mol. The SMILES string of the molecule is CCNC(=NCc1cc(F)ccc1F)NCCCCCOC. The molecule has 1 rings (SSSR count). The molecule has 0 bridgehead atoms. The number of guanidine groups is 1. The van der Waals surface area contributed by atoms with Gasteiger partial charge in [-0.05, 0) is 44.4 Å². The van der Waals surface area contributed by atoms with Gasteiger partial charge in [-0.15, -0.1) is 0 Å². The number of aliphatic imine (C=N–C) groups is 1. The fraction of sp³-hybridized carbons (Fsp3) is 0.562. The smallest absolute Gasteiger partial charge is 0.191 e. The fourth-order valence-corrected chi connectivity index (χ4v) is 1.93. The molecule has 22 heavy (non-hydrogen) atoms. The largest absolute Gasteiger partial charge is 0.385 e. The molecule has 0 aliphatic heterocycles. The Kier molecular flexibility index (Phi) is 9.14. The summed E-state index contributed by atoms with van der Waals surface area (Å²) in [7, 11) is 1.69. The third-order valence-corrected chi connectivity index (χ3v) is 3.08. The quantitative estimate of drug-likeness (QED) is 0.419. The molecule has 0 aliphatic rings. The number of methoxy groups -OCH3 is 1. The first-order valence-electron chi connectivity index (χ1n) is 7.62. The molecule has 0 heterocycles. The third-order valence-electron chi connectivity index (χ3n) is 3.08. The molecule has 124 valence electrons. The number of nitrogens with zero attached hydrogens (tertiary/aromatic N) is 1. The molecule has 0 atom stereocenters. The van der Waals surface area contributed by atoms with Gasteiger partial charge in [0.25, 0.3) is 0 Å². The molecule has 0 amide bonds. The van der Waals surface area contributed by atoms with Gasteiger partial charge in [0.1, 0.15) is 11.6 Å². The maximum absolute atomic E-state index is 13.5. The zero-order valence-electron chi connectivity index (χ0n) is 13.3. The Balaban J connectivity index is 2.45. The Hall–Kier alpha value is -1.69. The highest BCUT2D eigenvalue weighted by atomic mass is 19.1. The van der Waals surface area contributed by atoms with E-state index in [0.717, 1.165) is 44.5 Å². The summed E-state index contributed by atoms with van der Waals surface area (Å²) < 4.78 is 31.6. The molecule has 0 saturated carbocycles. The minimum absolute atomic E-state index is 0.0998. The molecule has 0 aromatic heterocycles. The summed E-state index contributed by atoms with van der Waals surface area (Å²) in [6.45, 7) is 4.32. The van der Waals surface area contributed by atoms with E-state index >= 15 is 0 Å². The van der Waals surface area contributed by atoms with Gasteiger partial charge in [-0.1, -0.05) is 0 Å². The zero-order valence-corrected chi connectivity index (χ0v) is 13.3. The van der Waals surface area contributed by atoms with Crippen LogP contribution < -0.4 is 10.6 Å². The standard InChI is InChI=1S/C16H25F2N3O/c1-3-19-16(20-9-5-4-6-10-22-2)21-12-13-11-14(17)7-8-15(13)18/h7-8,11H,3-6,9-10,12H2,1-2H3,(H2,19,20,21). The second-order valence-corrected chi connectivity index (χ2v) is 4.91. The lowest BCUT2D eigenvalue weighted by molar-refractivity contribution is 0.192. The van der Waals surface area contributed by atoms with Crippen LogP contribution in [0.1, 0.15) is 31.7 Å². The Morgan fingerprint density at radius 1 is 1.18 bits per heavy atom. The first-order valence-corrected chi connectivity index (χ1v) is 7.62. The lowest BCUT2D eigenvalue weighted by Crippen LogP contribution is -2.37. The number of benzene rings is 1. The molecule has 0 radical (unpaired) electrons. The van der Waals surface area contributed by atoms with E-state index in [-0.39, 0.29) is 12.1 Å². The maximum atomic E-state index is 13.5. The minimum Gasteiger partial charge on any atom is -0.385 e. The molecule has 1 aromatic rings. The molecule has 2 N–H and O–H groups in total. The highest BCUT2D eigenvalue weighted by molar-refractivity contribution is 5.79. The second-order valence-electron chi connectivity index (χ2n) is 4.91. The second kappa shape index (κ2) is 11.0. The van der Waals surface area contributed by atoms with Gasteiger partial charge in [0, 0.05) is 32.4 Å². The van der Waals surface area contributed by atoms with Gasteiger partial charge < -0.3 is 15.4 Å². The van der Waals surface area contributed by atoms with Crippen molar-refractivity contribution in [3.63, 3.8) is 0 Å². The topological polar surface area (TPSA) is 45.7 Å². The van der Waals surface area contributed by atoms with Gasteiger partial charge in [0.05, 0.1) is 6.54 Å². The molecule has 0 unspecified atom stereocenters. The van der Waals surface area contributed by atoms with Crippen LogP contribution in [0.4, 0.5) is 8.78 Å². The number of nitrogens with one attached hydrogen (secondary N) is 2. The predicted molar refractivity (Wildman–Crippen MR) is 84.9 cm³/mol. The van der Waals surface area contributed by atoms with Crippen molar-refractivity contribution in [3.05, 3.63) is 35.4 Å². The van der Waals surface area contributed by atoms with E-state index in [1.165, 1.54) is 6.07 Å². The molecule has 1 aromatic carbocycles. The van der Waals surface area contributed by atoms with Crippen molar-refractivity contribution in [3.8, 4) is 0 Å². The number of halogens is 2. The summed E-state index contributed by atoms with van der Waals surface area (Å²) >= 11 is 0. The van der Waals surface area contributed by atoms with Gasteiger partial charge in [-0.25, -0.2) is 13.8 Å². The van der Waals surface area contributed by atoms with Gasteiger partial charge in [-0.3, -0.25) is 0 Å². The Morgan fingerprint density at radius 3 is 2.73 bits per heavy atom. The number of unbranched alkanes of at least 4 members (excludes halogenated alkanes) is 2. The molecule has 0 spiro atoms. The van der Waals surface area contributed by atoms with E-state index in [9.17, 15) is 8.78 Å². The van der Waals surface area contributed by atoms with Crippen molar-refractivity contribution in [1.29, 1.82) is 0 Å². The van der Waals surface area contributed by atoms with E-state index in [1.54, 1.807) is 7.11 Å². The normalized spacial score (nSPS) is 11.5. The van der Waals surface area contributed by atoms with Gasteiger partial charge >= 0.3 is 0 Å². The minimum atomic E-state index is -0.456. The highest BCUT2D eigenvalue weighted by Gasteiger charge is 2.04. The lowest BCUT2D eigenvalue weighted by atomic mass is 10.2. The third kappa shape index (κ3) is 7.36. The number of hydrogen-bond donors (Lipinski definition) is 2. The summed E-state index contributed by atoms with van der Waals surface area (Å²) in [5.41, 5.74) is 0.247. The van der Waals surface area contributed by atoms with Gasteiger partial charge in [0.2, 0.25) is 0 Å². The van der Waals surface area contributed by atoms with Crippen LogP contribution >= 0.6 is 0 Å². The van der Waals surface area contributed by atoms with E-state index in [4.69, 9.17) is 4.74 Å². The molecular formula is C16H25F2N3O. The zero-order chi connectivity index (χ0) is 16.2. The van der Waals surface area contributed by atoms with Crippen molar-refractivity contribution in [2.75, 3.05) is 26.8 Å². The molecule has 0 aliphatic carbocycles. The van der Waals surface area contributed by atoms with Crippen molar-refractivity contribution in [2.24, 2.45) is 4.99 Å². The van der Waals surface area contributed by atoms with Crippen LogP contribution in [0, 0.1) is 11.6 Å². The summed E-state index contributed by atoms with van der Waals surface area (Å²) in [5.74, 6) is -0.291. The van der Waals surface area contributed by atoms with Crippen molar-refractivity contribution < 1.29 is 13.5 Å². The summed E-state index contributed by atoms with van der Waals surface area (Å²) in [6.07, 6.45) is 3.10. The van der Waals surface area contributed by atoms with Gasteiger partial charge in [-0.2, -0.15) is 0 Å². The number of ether oxygens (including phenoxy) is 1. The van der Waals surface area contributed by atoms with E-state index < -0.39 is 11.6 Å². The van der Waals surface area contributed by atoms with Crippen LogP contribution in [0.25, 0.3) is 0 Å². The molecule has 0 saturated heterocycles. The van der Waals surface area contributed by atoms with Crippen LogP contribution in [-0.2, 0) is 11.3 Å². The Bertz CT molecular complexity index is 467. The molecular weight excluding hydrogens is 288 g/mol. The maximum Gasteiger partial charge on any atom is 0.191 e. The first kappa shape index (κ1) is 18.4. The molecule has 0 fully saturated rings. The summed E-state index contributed by atoms with van der Waals surface area (Å²) in [4.78, 5) is 4.28. The fourth-order valence-electron chi connectivity index (χ4n) is 1.93. The summed E-state index contributed by atoms with van der Waals surface area (Å²) in [5, 5.41) is 6.27. The van der Waals surface area contributed by atoms with Crippen molar-refractivity contribution in [1.82, 2.24) is 10.6 Å². The van der Waals surface area contributed by atoms with Crippen molar-refractivity contribution >= 4 is 5.96 Å². The monoisotopic (exact) mass is 313 g/mol. The number of rotatable bonds is 9. The highest BCUT2D eigenvalue weighted by Crippen LogP contribution is 2.10. The van der Waals surface area contributed by atoms with E-state index in [0.29, 0.717) is 12.5 Å². The van der Waals surface area contributed by atoms with E-state index in [2.05, 4.69) is 15.6 Å². The lowest BCUT2D eigenvalue weighted by Gasteiger charge is -2.11. The van der Waals surface area contributed by atoms with Crippen molar-refractivity contribution in [2.45, 2.75) is 32.7 Å². The van der Waals surface area contributed by atoms with Crippen LogP contribution in [0.5, 0.6) is 0 Å². The van der Waals surface area contributed by atoms with Crippen LogP contribution in [-0.4, -0.2) is 32.8 Å². The predicted octanol–water partition coefficient (Wildman–Crippen LogP) is 2.84. The average Bonchev–Trinajstić information content (AvgIpc) is 2.51. The van der Waals surface area contributed by atoms with E-state index in [1.807, 2.05) is 6.92 Å². The van der Waals surface area contributed by atoms with Crippen LogP contribution in [0.3, 0.4) is 0 Å². The first-order chi connectivity index (χ1) is 10.7. The Morgan fingerprint density at radius 2 is 2.00 bits per heavy atom. The Labute approximate surface area is 131 Å². The molecule has 4 nitrogen and oxygen atoms in total. The molecule has 6 heteroatoms. The summed E-state index contributed by atoms with van der Waals surface area (Å²) in [6, 6.07) is 3.40.